The lowest BCUT2D eigenvalue weighted by atomic mass is 10.1. The van der Waals surface area contributed by atoms with Crippen LogP contribution >= 0.6 is 0 Å². The van der Waals surface area contributed by atoms with Gasteiger partial charge in [-0.25, -0.2) is 9.97 Å². The van der Waals surface area contributed by atoms with E-state index in [1.54, 1.807) is 18.6 Å². The predicted molar refractivity (Wildman–Crippen MR) is 78.0 cm³/mol. The second kappa shape index (κ2) is 4.80. The third-order valence-corrected chi connectivity index (χ3v) is 3.24. The maximum atomic E-state index is 9.33. The van der Waals surface area contributed by atoms with E-state index in [4.69, 9.17) is 10.2 Å². The summed E-state index contributed by atoms with van der Waals surface area (Å²) in [7, 11) is 1.86. The number of aryl methyl sites for hydroxylation is 2. The van der Waals surface area contributed by atoms with Crippen molar-refractivity contribution >= 4 is 5.82 Å². The number of nitrogens with two attached hydrogens (primary N) is 1. The number of hydrogen-bond acceptors (Lipinski definition) is 5. The molecule has 3 rings (SSSR count). The van der Waals surface area contributed by atoms with Crippen molar-refractivity contribution in [2.45, 2.75) is 6.92 Å². The van der Waals surface area contributed by atoms with Gasteiger partial charge in [0.25, 0.3) is 0 Å². The summed E-state index contributed by atoms with van der Waals surface area (Å²) in [6.07, 6.45) is 3.36. The zero-order valence-electron chi connectivity index (χ0n) is 11.7. The third kappa shape index (κ3) is 2.15. The first-order valence-corrected chi connectivity index (χ1v) is 6.34. The van der Waals surface area contributed by atoms with Crippen molar-refractivity contribution in [2.24, 2.45) is 7.05 Å². The van der Waals surface area contributed by atoms with E-state index in [-0.39, 0.29) is 5.82 Å². The van der Waals surface area contributed by atoms with Gasteiger partial charge in [0.2, 0.25) is 0 Å². The van der Waals surface area contributed by atoms with E-state index in [1.807, 2.05) is 30.7 Å². The lowest BCUT2D eigenvalue weighted by molar-refractivity contribution is 0.546. The average molecular weight is 279 g/mol. The summed E-state index contributed by atoms with van der Waals surface area (Å²) >= 11 is 0. The Morgan fingerprint density at radius 3 is 2.76 bits per heavy atom. The van der Waals surface area contributed by atoms with E-state index in [1.165, 1.54) is 0 Å². The van der Waals surface area contributed by atoms with Crippen LogP contribution in [0.25, 0.3) is 22.7 Å². The lowest BCUT2D eigenvalue weighted by Crippen LogP contribution is -2.01. The van der Waals surface area contributed by atoms with Crippen LogP contribution in [0.3, 0.4) is 0 Å². The molecule has 0 aliphatic rings. The monoisotopic (exact) mass is 279 g/mol. The van der Waals surface area contributed by atoms with E-state index < -0.39 is 0 Å². The normalized spacial score (nSPS) is 10.5. The van der Waals surface area contributed by atoms with Crippen LogP contribution in [-0.2, 0) is 7.05 Å². The Labute approximate surface area is 121 Å². The van der Waals surface area contributed by atoms with E-state index in [9.17, 15) is 5.26 Å². The summed E-state index contributed by atoms with van der Waals surface area (Å²) < 4.78 is 7.40. The quantitative estimate of drug-likeness (QED) is 0.777. The van der Waals surface area contributed by atoms with Gasteiger partial charge < -0.3 is 14.7 Å². The molecule has 104 valence electrons. The topological polar surface area (TPSA) is 93.7 Å². The second-order valence-electron chi connectivity index (χ2n) is 4.73. The van der Waals surface area contributed by atoms with E-state index in [0.29, 0.717) is 22.6 Å². The van der Waals surface area contributed by atoms with Gasteiger partial charge >= 0.3 is 0 Å². The Morgan fingerprint density at radius 2 is 2.19 bits per heavy atom. The molecule has 2 N–H and O–H groups in total. The van der Waals surface area contributed by atoms with Gasteiger partial charge in [-0.05, 0) is 25.1 Å². The number of hydrogen-bond donors (Lipinski definition) is 1. The first kappa shape index (κ1) is 12.9. The van der Waals surface area contributed by atoms with Crippen LogP contribution in [0.1, 0.15) is 11.3 Å². The molecule has 0 aliphatic heterocycles. The van der Waals surface area contributed by atoms with Crippen LogP contribution < -0.4 is 5.73 Å². The largest absolute Gasteiger partial charge is 0.460 e. The lowest BCUT2D eigenvalue weighted by Gasteiger charge is -2.09. The third-order valence-electron chi connectivity index (χ3n) is 3.24. The summed E-state index contributed by atoms with van der Waals surface area (Å²) in [5, 5.41) is 9.33. The Hall–Kier alpha value is -3.07. The SMILES string of the molecule is Cc1ccc(-c2cc(-c3cncn3C)c(C#N)c(N)n2)o1. The smallest absolute Gasteiger partial charge is 0.152 e. The van der Waals surface area contributed by atoms with Crippen LogP contribution in [0.15, 0.2) is 35.1 Å². The molecule has 0 fully saturated rings. The molecule has 0 saturated heterocycles. The van der Waals surface area contributed by atoms with Gasteiger partial charge in [0, 0.05) is 12.6 Å². The number of nitrogens with zero attached hydrogens (tertiary/aromatic N) is 4. The molecule has 0 unspecified atom stereocenters. The molecule has 0 radical (unpaired) electrons. The molecule has 0 atom stereocenters. The molecule has 0 amide bonds. The maximum absolute atomic E-state index is 9.33. The molecule has 0 spiro atoms. The maximum Gasteiger partial charge on any atom is 0.152 e. The van der Waals surface area contributed by atoms with Gasteiger partial charge in [-0.2, -0.15) is 5.26 Å². The van der Waals surface area contributed by atoms with Gasteiger partial charge in [0.15, 0.2) is 5.76 Å². The number of nitriles is 1. The summed E-state index contributed by atoms with van der Waals surface area (Å²) in [5.74, 6) is 1.59. The molecule has 6 heteroatoms. The van der Waals surface area contributed by atoms with Crippen LogP contribution in [0.2, 0.25) is 0 Å². The minimum atomic E-state index is 0.181. The highest BCUT2D eigenvalue weighted by Crippen LogP contribution is 2.31. The van der Waals surface area contributed by atoms with Crippen molar-refractivity contribution in [1.29, 1.82) is 5.26 Å². The van der Waals surface area contributed by atoms with E-state index >= 15 is 0 Å². The van der Waals surface area contributed by atoms with Crippen LogP contribution in [0, 0.1) is 18.3 Å². The van der Waals surface area contributed by atoms with Gasteiger partial charge in [-0.1, -0.05) is 0 Å². The van der Waals surface area contributed by atoms with Crippen LogP contribution in [0.5, 0.6) is 0 Å². The van der Waals surface area contributed by atoms with Crippen molar-refractivity contribution in [2.75, 3.05) is 5.73 Å². The molecule has 0 saturated carbocycles. The van der Waals surface area contributed by atoms with Gasteiger partial charge in [0.05, 0.1) is 18.2 Å². The molecule has 6 nitrogen and oxygen atoms in total. The Morgan fingerprint density at radius 1 is 1.38 bits per heavy atom. The van der Waals surface area contributed by atoms with E-state index in [2.05, 4.69) is 16.0 Å². The van der Waals surface area contributed by atoms with Crippen LogP contribution in [-0.4, -0.2) is 14.5 Å². The second-order valence-corrected chi connectivity index (χ2v) is 4.73. The fourth-order valence-corrected chi connectivity index (χ4v) is 2.20. The first-order valence-electron chi connectivity index (χ1n) is 6.34. The van der Waals surface area contributed by atoms with Crippen molar-refractivity contribution in [3.63, 3.8) is 0 Å². The molecular formula is C15H13N5O. The van der Waals surface area contributed by atoms with E-state index in [0.717, 1.165) is 11.5 Å². The highest BCUT2D eigenvalue weighted by Gasteiger charge is 2.16. The first-order chi connectivity index (χ1) is 10.1. The molecule has 0 aliphatic carbocycles. The fraction of sp³-hybridized carbons (Fsp3) is 0.133. The summed E-state index contributed by atoms with van der Waals surface area (Å²) in [6, 6.07) is 7.59. The van der Waals surface area contributed by atoms with Crippen molar-refractivity contribution in [3.8, 4) is 28.8 Å². The standard InChI is InChI=1S/C15H13N5O/c1-9-3-4-14(21-9)12-5-10(11(6-16)15(17)19-12)13-7-18-8-20(13)2/h3-5,7-8H,1-2H3,(H2,17,19). The van der Waals surface area contributed by atoms with Crippen molar-refractivity contribution in [3.05, 3.63) is 42.0 Å². The number of nitrogen functional groups attached to an aromatic ring is 1. The Bertz CT molecular complexity index is 853. The summed E-state index contributed by atoms with van der Waals surface area (Å²) in [6.45, 7) is 1.86. The number of pyridine rings is 1. The Balaban J connectivity index is 2.25. The highest BCUT2D eigenvalue weighted by molar-refractivity contribution is 5.77. The minimum absolute atomic E-state index is 0.181. The number of imidazole rings is 1. The van der Waals surface area contributed by atoms with Crippen molar-refractivity contribution < 1.29 is 4.42 Å². The van der Waals surface area contributed by atoms with Gasteiger partial charge in [0.1, 0.15) is 28.9 Å². The number of aromatic nitrogens is 3. The molecule has 0 bridgehead atoms. The van der Waals surface area contributed by atoms with Gasteiger partial charge in [-0.15, -0.1) is 0 Å². The molecule has 0 aromatic carbocycles. The molecule has 3 aromatic rings. The number of furan rings is 1. The van der Waals surface area contributed by atoms with Crippen LogP contribution in [0.4, 0.5) is 5.82 Å². The predicted octanol–water partition coefficient (Wildman–Crippen LogP) is 2.50. The van der Waals surface area contributed by atoms with Crippen molar-refractivity contribution in [1.82, 2.24) is 14.5 Å². The molecular weight excluding hydrogens is 266 g/mol. The zero-order valence-corrected chi connectivity index (χ0v) is 11.7. The molecule has 21 heavy (non-hydrogen) atoms. The number of anilines is 1. The average Bonchev–Trinajstić information content (AvgIpc) is 3.06. The summed E-state index contributed by atoms with van der Waals surface area (Å²) in [5.41, 5.74) is 8.35. The molecule has 3 aromatic heterocycles. The summed E-state index contributed by atoms with van der Waals surface area (Å²) in [4.78, 5) is 8.34. The minimum Gasteiger partial charge on any atom is -0.460 e. The Kier molecular flexibility index (Phi) is 2.95. The molecule has 3 heterocycles. The van der Waals surface area contributed by atoms with Gasteiger partial charge in [-0.3, -0.25) is 0 Å². The fourth-order valence-electron chi connectivity index (χ4n) is 2.20. The number of rotatable bonds is 2. The zero-order chi connectivity index (χ0) is 15.0. The highest BCUT2D eigenvalue weighted by atomic mass is 16.3.